The molecule has 0 unspecified atom stereocenters. The molecule has 4 heteroatoms. The molecule has 2 aromatic rings. The molecule has 98 valence electrons. The van der Waals surface area contributed by atoms with Gasteiger partial charge in [0.2, 0.25) is 0 Å². The Morgan fingerprint density at radius 3 is 2.53 bits per heavy atom. The predicted octanol–water partition coefficient (Wildman–Crippen LogP) is 4.25. The van der Waals surface area contributed by atoms with E-state index in [9.17, 15) is 9.18 Å². The minimum Gasteiger partial charge on any atom is -0.457 e. The molecule has 0 aliphatic heterocycles. The van der Waals surface area contributed by atoms with Gasteiger partial charge >= 0.3 is 5.97 Å². The van der Waals surface area contributed by atoms with Crippen LogP contribution in [0.1, 0.15) is 21.5 Å². The van der Waals surface area contributed by atoms with Gasteiger partial charge in [0.05, 0.1) is 5.56 Å². The zero-order chi connectivity index (χ0) is 13.8. The summed E-state index contributed by atoms with van der Waals surface area (Å²) in [5.74, 6) is -0.782. The number of esters is 1. The van der Waals surface area contributed by atoms with E-state index in [1.807, 2.05) is 24.3 Å². The van der Waals surface area contributed by atoms with Crippen molar-refractivity contribution < 1.29 is 13.9 Å². The van der Waals surface area contributed by atoms with Crippen molar-refractivity contribution in [2.45, 2.75) is 13.5 Å². The van der Waals surface area contributed by atoms with E-state index in [1.165, 1.54) is 18.2 Å². The maximum Gasteiger partial charge on any atom is 0.338 e. The lowest BCUT2D eigenvalue weighted by Gasteiger charge is -2.06. The summed E-state index contributed by atoms with van der Waals surface area (Å²) in [6.07, 6.45) is 0. The van der Waals surface area contributed by atoms with Gasteiger partial charge in [-0.1, -0.05) is 28.1 Å². The van der Waals surface area contributed by atoms with Gasteiger partial charge in [-0.2, -0.15) is 0 Å². The number of carbonyl (C=O) groups is 1. The van der Waals surface area contributed by atoms with Crippen LogP contribution in [0.4, 0.5) is 4.39 Å². The van der Waals surface area contributed by atoms with Crippen LogP contribution in [0.2, 0.25) is 0 Å². The van der Waals surface area contributed by atoms with Crippen molar-refractivity contribution in [3.8, 4) is 0 Å². The molecular formula is C15H12BrFO2. The molecular weight excluding hydrogens is 311 g/mol. The van der Waals surface area contributed by atoms with Crippen LogP contribution < -0.4 is 0 Å². The number of halogens is 2. The SMILES string of the molecule is Cc1cc(C(=O)OCc2ccc(Br)cc2)ccc1F. The smallest absolute Gasteiger partial charge is 0.338 e. The van der Waals surface area contributed by atoms with Crippen LogP contribution in [0, 0.1) is 12.7 Å². The average Bonchev–Trinajstić information content (AvgIpc) is 2.41. The fourth-order valence-electron chi connectivity index (χ4n) is 1.58. The van der Waals surface area contributed by atoms with E-state index >= 15 is 0 Å². The Morgan fingerprint density at radius 2 is 1.89 bits per heavy atom. The lowest BCUT2D eigenvalue weighted by molar-refractivity contribution is 0.0472. The van der Waals surface area contributed by atoms with Crippen molar-refractivity contribution in [1.82, 2.24) is 0 Å². The van der Waals surface area contributed by atoms with E-state index in [1.54, 1.807) is 6.92 Å². The van der Waals surface area contributed by atoms with Crippen molar-refractivity contribution in [2.24, 2.45) is 0 Å². The second-order valence-electron chi connectivity index (χ2n) is 4.17. The van der Waals surface area contributed by atoms with Crippen LogP contribution in [0.5, 0.6) is 0 Å². The number of ether oxygens (including phenoxy) is 1. The standard InChI is InChI=1S/C15H12BrFO2/c1-10-8-12(4-7-14(10)17)15(18)19-9-11-2-5-13(16)6-3-11/h2-8H,9H2,1H3. The number of hydrogen-bond acceptors (Lipinski definition) is 2. The molecule has 0 heterocycles. The third kappa shape index (κ3) is 3.64. The summed E-state index contributed by atoms with van der Waals surface area (Å²) in [5.41, 5.74) is 1.68. The molecule has 0 saturated heterocycles. The molecule has 0 aromatic heterocycles. The topological polar surface area (TPSA) is 26.3 Å². The Morgan fingerprint density at radius 1 is 1.21 bits per heavy atom. The normalized spacial score (nSPS) is 10.3. The van der Waals surface area contributed by atoms with Gasteiger partial charge in [0.15, 0.2) is 0 Å². The minimum atomic E-state index is -0.453. The van der Waals surface area contributed by atoms with Crippen LogP contribution in [-0.4, -0.2) is 5.97 Å². The largest absolute Gasteiger partial charge is 0.457 e. The van der Waals surface area contributed by atoms with Crippen molar-refractivity contribution in [2.75, 3.05) is 0 Å². The quantitative estimate of drug-likeness (QED) is 0.789. The van der Waals surface area contributed by atoms with Crippen molar-refractivity contribution >= 4 is 21.9 Å². The number of rotatable bonds is 3. The molecule has 2 rings (SSSR count). The Labute approximate surface area is 119 Å². The molecule has 0 aliphatic carbocycles. The number of carbonyl (C=O) groups excluding carboxylic acids is 1. The molecule has 0 radical (unpaired) electrons. The van der Waals surface area contributed by atoms with Crippen LogP contribution in [0.15, 0.2) is 46.9 Å². The summed E-state index contributed by atoms with van der Waals surface area (Å²) in [6, 6.07) is 11.7. The van der Waals surface area contributed by atoms with Crippen LogP contribution in [0.3, 0.4) is 0 Å². The Hall–Kier alpha value is -1.68. The summed E-state index contributed by atoms with van der Waals surface area (Å²) in [5, 5.41) is 0. The van der Waals surface area contributed by atoms with Gasteiger partial charge in [0.25, 0.3) is 0 Å². The first kappa shape index (κ1) is 13.7. The molecule has 0 atom stereocenters. The van der Waals surface area contributed by atoms with E-state index in [2.05, 4.69) is 15.9 Å². The number of aryl methyl sites for hydroxylation is 1. The van der Waals surface area contributed by atoms with Gasteiger partial charge in [-0.25, -0.2) is 9.18 Å². The van der Waals surface area contributed by atoms with Gasteiger partial charge in [-0.05, 0) is 48.4 Å². The van der Waals surface area contributed by atoms with Gasteiger partial charge in [0.1, 0.15) is 12.4 Å². The molecule has 0 amide bonds. The molecule has 0 fully saturated rings. The highest BCUT2D eigenvalue weighted by atomic mass is 79.9. The first-order valence-corrected chi connectivity index (χ1v) is 6.53. The Kier molecular flexibility index (Phi) is 4.32. The monoisotopic (exact) mass is 322 g/mol. The second-order valence-corrected chi connectivity index (χ2v) is 5.08. The summed E-state index contributed by atoms with van der Waals surface area (Å²) in [7, 11) is 0. The van der Waals surface area contributed by atoms with Crippen molar-refractivity contribution in [1.29, 1.82) is 0 Å². The molecule has 0 bridgehead atoms. The molecule has 2 aromatic carbocycles. The first-order chi connectivity index (χ1) is 9.06. The zero-order valence-corrected chi connectivity index (χ0v) is 11.9. The fourth-order valence-corrected chi connectivity index (χ4v) is 1.85. The third-order valence-electron chi connectivity index (χ3n) is 2.68. The maximum atomic E-state index is 13.1. The Bertz CT molecular complexity index is 594. The highest BCUT2D eigenvalue weighted by Crippen LogP contribution is 2.13. The first-order valence-electron chi connectivity index (χ1n) is 5.74. The summed E-state index contributed by atoms with van der Waals surface area (Å²) in [6.45, 7) is 1.81. The van der Waals surface area contributed by atoms with E-state index in [4.69, 9.17) is 4.74 Å². The number of benzene rings is 2. The number of hydrogen-bond donors (Lipinski definition) is 0. The van der Waals surface area contributed by atoms with E-state index in [-0.39, 0.29) is 12.4 Å². The van der Waals surface area contributed by atoms with Gasteiger partial charge in [-0.3, -0.25) is 0 Å². The molecule has 19 heavy (non-hydrogen) atoms. The van der Waals surface area contributed by atoms with Gasteiger partial charge < -0.3 is 4.74 Å². The van der Waals surface area contributed by atoms with E-state index < -0.39 is 5.97 Å². The van der Waals surface area contributed by atoms with E-state index in [0.717, 1.165) is 10.0 Å². The molecule has 0 saturated carbocycles. The maximum absolute atomic E-state index is 13.1. The molecule has 0 spiro atoms. The minimum absolute atomic E-state index is 0.197. The predicted molar refractivity (Wildman–Crippen MR) is 74.4 cm³/mol. The fraction of sp³-hybridized carbons (Fsp3) is 0.133. The molecule has 0 aliphatic rings. The Balaban J connectivity index is 2.01. The highest BCUT2D eigenvalue weighted by molar-refractivity contribution is 9.10. The van der Waals surface area contributed by atoms with Crippen molar-refractivity contribution in [3.63, 3.8) is 0 Å². The lowest BCUT2D eigenvalue weighted by Crippen LogP contribution is -2.05. The third-order valence-corrected chi connectivity index (χ3v) is 3.21. The molecule has 2 nitrogen and oxygen atoms in total. The van der Waals surface area contributed by atoms with Crippen LogP contribution in [-0.2, 0) is 11.3 Å². The van der Waals surface area contributed by atoms with Crippen molar-refractivity contribution in [3.05, 3.63) is 69.4 Å². The zero-order valence-electron chi connectivity index (χ0n) is 10.3. The second kappa shape index (κ2) is 5.97. The summed E-state index contributed by atoms with van der Waals surface area (Å²) >= 11 is 3.33. The van der Waals surface area contributed by atoms with E-state index in [0.29, 0.717) is 11.1 Å². The van der Waals surface area contributed by atoms with Gasteiger partial charge in [0, 0.05) is 4.47 Å². The van der Waals surface area contributed by atoms with Gasteiger partial charge in [-0.15, -0.1) is 0 Å². The van der Waals surface area contributed by atoms with Crippen LogP contribution >= 0.6 is 15.9 Å². The average molecular weight is 323 g/mol. The summed E-state index contributed by atoms with van der Waals surface area (Å²) in [4.78, 5) is 11.8. The lowest BCUT2D eigenvalue weighted by atomic mass is 10.1. The van der Waals surface area contributed by atoms with Crippen LogP contribution in [0.25, 0.3) is 0 Å². The molecule has 0 N–H and O–H groups in total. The summed E-state index contributed by atoms with van der Waals surface area (Å²) < 4.78 is 19.2. The highest BCUT2D eigenvalue weighted by Gasteiger charge is 2.09.